The lowest BCUT2D eigenvalue weighted by Gasteiger charge is -2.39. The van der Waals surface area contributed by atoms with Gasteiger partial charge in [0.05, 0.1) is 59.9 Å². The molecule has 0 radical (unpaired) electrons. The fraction of sp³-hybridized carbons (Fsp3) is 0.457. The van der Waals surface area contributed by atoms with E-state index in [4.69, 9.17) is 32.7 Å². The highest BCUT2D eigenvalue weighted by molar-refractivity contribution is 7.85. The van der Waals surface area contributed by atoms with Crippen LogP contribution in [0.5, 0.6) is 0 Å². The van der Waals surface area contributed by atoms with Crippen molar-refractivity contribution in [3.63, 3.8) is 0 Å². The van der Waals surface area contributed by atoms with E-state index in [0.717, 1.165) is 25.7 Å². The van der Waals surface area contributed by atoms with E-state index in [9.17, 15) is 23.7 Å². The normalized spacial score (nSPS) is 21.5. The minimum atomic E-state index is -1.63. The van der Waals surface area contributed by atoms with E-state index >= 15 is 0 Å². The van der Waals surface area contributed by atoms with Crippen molar-refractivity contribution in [3.05, 3.63) is 86.7 Å². The smallest absolute Gasteiger partial charge is 0.336 e. The lowest BCUT2D eigenvalue weighted by molar-refractivity contribution is -0.137. The molecule has 2 aliphatic heterocycles. The van der Waals surface area contributed by atoms with Gasteiger partial charge in [0.2, 0.25) is 5.91 Å². The average molecular weight is 719 g/mol. The van der Waals surface area contributed by atoms with E-state index in [-0.39, 0.29) is 62.3 Å². The maximum absolute atomic E-state index is 14.2. The van der Waals surface area contributed by atoms with Crippen molar-refractivity contribution in [2.75, 3.05) is 39.6 Å². The molecule has 3 unspecified atom stereocenters. The summed E-state index contributed by atoms with van der Waals surface area (Å²) in [5.74, 6) is -3.20. The molecule has 2 heterocycles. The van der Waals surface area contributed by atoms with Crippen LogP contribution in [-0.4, -0.2) is 83.3 Å². The second-order valence-electron chi connectivity index (χ2n) is 12.4. The number of hydrogen-bond acceptors (Lipinski definition) is 9. The molecule has 3 N–H and O–H groups in total. The second kappa shape index (κ2) is 16.0. The van der Waals surface area contributed by atoms with Crippen molar-refractivity contribution in [2.24, 2.45) is 0 Å². The molecule has 2 fully saturated rings. The van der Waals surface area contributed by atoms with Gasteiger partial charge >= 0.3 is 11.9 Å². The Labute approximate surface area is 293 Å². The minimum absolute atomic E-state index is 0.0155. The molecular formula is C35H41Cl2N3O7S. The second-order valence-corrected chi connectivity index (χ2v) is 14.6. The van der Waals surface area contributed by atoms with Crippen molar-refractivity contribution in [2.45, 2.75) is 67.4 Å². The maximum atomic E-state index is 14.2. The first-order valence-corrected chi connectivity index (χ1v) is 18.1. The Morgan fingerprint density at radius 2 is 1.58 bits per heavy atom. The van der Waals surface area contributed by atoms with Crippen LogP contribution in [0.3, 0.4) is 0 Å². The Balaban J connectivity index is 1.58. The first-order valence-electron chi connectivity index (χ1n) is 16.1. The molecule has 1 saturated heterocycles. The Bertz CT molecular complexity index is 1600. The van der Waals surface area contributed by atoms with Crippen molar-refractivity contribution < 1.29 is 33.2 Å². The van der Waals surface area contributed by atoms with Crippen molar-refractivity contribution >= 4 is 51.8 Å². The molecule has 0 bridgehead atoms. The summed E-state index contributed by atoms with van der Waals surface area (Å²) in [4.78, 5) is 43.8. The number of dihydropyridines is 1. The number of benzene rings is 2. The first kappa shape index (κ1) is 36.1. The lowest BCUT2D eigenvalue weighted by atomic mass is 9.79. The van der Waals surface area contributed by atoms with E-state index in [2.05, 4.69) is 10.6 Å². The molecule has 258 valence electrons. The highest BCUT2D eigenvalue weighted by atomic mass is 35.5. The topological polar surface area (TPSA) is 134 Å². The molecule has 1 saturated carbocycles. The summed E-state index contributed by atoms with van der Waals surface area (Å²) in [6, 6.07) is 13.4. The van der Waals surface area contributed by atoms with Gasteiger partial charge in [-0.2, -0.15) is 0 Å². The molecule has 48 heavy (non-hydrogen) atoms. The van der Waals surface area contributed by atoms with Crippen LogP contribution in [0.25, 0.3) is 0 Å². The van der Waals surface area contributed by atoms with Crippen LogP contribution in [0.2, 0.25) is 10.0 Å². The number of hydrogen-bond donors (Lipinski definition) is 3. The number of halogens is 2. The van der Waals surface area contributed by atoms with Crippen molar-refractivity contribution in [3.8, 4) is 0 Å². The summed E-state index contributed by atoms with van der Waals surface area (Å²) in [6.45, 7) is 1.61. The Hall–Kier alpha value is -3.22. The van der Waals surface area contributed by atoms with Crippen LogP contribution in [0.1, 0.15) is 56.4 Å². The summed E-state index contributed by atoms with van der Waals surface area (Å²) in [5.41, 5.74) is -0.105. The number of carbonyl (C=O) groups excluding carboxylic acids is 3. The largest absolute Gasteiger partial charge is 0.466 e. The monoisotopic (exact) mass is 717 g/mol. The van der Waals surface area contributed by atoms with Gasteiger partial charge in [0.25, 0.3) is 0 Å². The third-order valence-corrected chi connectivity index (χ3v) is 11.4. The van der Waals surface area contributed by atoms with Gasteiger partial charge in [-0.25, -0.2) is 9.59 Å². The van der Waals surface area contributed by atoms with Crippen LogP contribution < -0.4 is 10.6 Å². The molecule has 1 aliphatic carbocycles. The molecule has 10 nitrogen and oxygen atoms in total. The molecule has 2 aromatic carbocycles. The Morgan fingerprint density at radius 1 is 0.958 bits per heavy atom. The number of amides is 1. The van der Waals surface area contributed by atoms with Gasteiger partial charge in [0.1, 0.15) is 0 Å². The molecule has 3 atom stereocenters. The number of aliphatic hydroxyl groups is 1. The quantitative estimate of drug-likeness (QED) is 0.285. The van der Waals surface area contributed by atoms with Crippen LogP contribution in [-0.2, 0) is 34.7 Å². The van der Waals surface area contributed by atoms with Gasteiger partial charge in [-0.1, -0.05) is 60.3 Å². The van der Waals surface area contributed by atoms with Gasteiger partial charge in [-0.05, 0) is 49.9 Å². The first-order chi connectivity index (χ1) is 23.1. The van der Waals surface area contributed by atoms with E-state index in [0.29, 0.717) is 37.4 Å². The number of nitrogens with zero attached hydrogens (tertiary/aromatic N) is 1. The molecule has 1 amide bonds. The summed E-state index contributed by atoms with van der Waals surface area (Å²) in [7, 11) is 0.786. The average Bonchev–Trinajstić information content (AvgIpc) is 3.53. The van der Waals surface area contributed by atoms with Crippen LogP contribution in [0, 0.1) is 0 Å². The molecule has 2 aromatic rings. The van der Waals surface area contributed by atoms with E-state index in [1.165, 1.54) is 14.2 Å². The highest BCUT2D eigenvalue weighted by Gasteiger charge is 2.43. The standard InChI is InChI=1S/C35H41Cl2N3O7S/c1-46-33(42)30-26(19-28(41)40-18-17-38-20-22(40)13-16-35(44)14-6-7-15-35)39-27(21-48(45)23-9-4-3-5-10-23)31(34(43)47-2)32(30)29-24(36)11-8-12-25(29)37/h3-5,8-12,22,32,38-39,44H,6-7,13-21H2,1-2H3. The number of nitrogens with one attached hydrogen (secondary N) is 2. The summed E-state index contributed by atoms with van der Waals surface area (Å²) < 4.78 is 24.1. The number of rotatable bonds is 11. The van der Waals surface area contributed by atoms with Crippen LogP contribution in [0.15, 0.2) is 76.0 Å². The van der Waals surface area contributed by atoms with Gasteiger partial charge in [0.15, 0.2) is 0 Å². The van der Waals surface area contributed by atoms with Crippen LogP contribution in [0.4, 0.5) is 0 Å². The number of piperazine rings is 1. The zero-order valence-corrected chi connectivity index (χ0v) is 29.4. The molecular weight excluding hydrogens is 677 g/mol. The minimum Gasteiger partial charge on any atom is -0.466 e. The zero-order valence-electron chi connectivity index (χ0n) is 27.1. The fourth-order valence-electron chi connectivity index (χ4n) is 6.95. The van der Waals surface area contributed by atoms with E-state index in [1.54, 1.807) is 53.4 Å². The number of ether oxygens (including phenoxy) is 2. The maximum Gasteiger partial charge on any atom is 0.336 e. The number of methoxy groups -OCH3 is 2. The van der Waals surface area contributed by atoms with Gasteiger partial charge < -0.3 is 30.1 Å². The zero-order chi connectivity index (χ0) is 34.4. The molecule has 5 rings (SSSR count). The highest BCUT2D eigenvalue weighted by Crippen LogP contribution is 2.45. The van der Waals surface area contributed by atoms with Gasteiger partial charge in [0, 0.05) is 57.6 Å². The fourth-order valence-corrected chi connectivity index (χ4v) is 8.68. The van der Waals surface area contributed by atoms with E-state index < -0.39 is 34.3 Å². The van der Waals surface area contributed by atoms with E-state index in [1.807, 2.05) is 0 Å². The molecule has 0 spiro atoms. The SMILES string of the molecule is COC(=O)C1=C(CC(=O)N2CCNCC2CCC2(O)CCCC2)NC(CS(=O)c2ccccc2)=C(C(=O)OC)C1c1c(Cl)cccc1Cl. The van der Waals surface area contributed by atoms with Gasteiger partial charge in [-0.3, -0.25) is 9.00 Å². The molecule has 13 heteroatoms. The third kappa shape index (κ3) is 7.97. The van der Waals surface area contributed by atoms with Crippen molar-refractivity contribution in [1.29, 1.82) is 0 Å². The van der Waals surface area contributed by atoms with Gasteiger partial charge in [-0.15, -0.1) is 0 Å². The van der Waals surface area contributed by atoms with Crippen molar-refractivity contribution in [1.82, 2.24) is 15.5 Å². The Kier molecular flexibility index (Phi) is 12.0. The lowest BCUT2D eigenvalue weighted by Crippen LogP contribution is -2.54. The summed E-state index contributed by atoms with van der Waals surface area (Å²) in [6.07, 6.45) is 4.46. The third-order valence-electron chi connectivity index (χ3n) is 9.39. The molecule has 0 aromatic heterocycles. The summed E-state index contributed by atoms with van der Waals surface area (Å²) >= 11 is 13.4. The predicted octanol–water partition coefficient (Wildman–Crippen LogP) is 4.62. The number of esters is 2. The summed E-state index contributed by atoms with van der Waals surface area (Å²) in [5, 5.41) is 17.9. The number of carbonyl (C=O) groups is 3. The predicted molar refractivity (Wildman–Crippen MR) is 184 cm³/mol. The molecule has 3 aliphatic rings. The Morgan fingerprint density at radius 3 is 2.21 bits per heavy atom. The van der Waals surface area contributed by atoms with Crippen LogP contribution >= 0.6 is 23.2 Å².